The maximum atomic E-state index is 13.9. The third-order valence-corrected chi connectivity index (χ3v) is 6.25. The average molecular weight is 454 g/mol. The topological polar surface area (TPSA) is 91.3 Å². The fourth-order valence-corrected chi connectivity index (χ4v) is 4.35. The van der Waals surface area contributed by atoms with Crippen LogP contribution in [0.4, 0.5) is 4.39 Å². The van der Waals surface area contributed by atoms with Crippen molar-refractivity contribution in [1.82, 2.24) is 15.0 Å². The van der Waals surface area contributed by atoms with Gasteiger partial charge in [-0.2, -0.15) is 0 Å². The molecule has 1 aromatic heterocycles. The van der Waals surface area contributed by atoms with Crippen LogP contribution in [0.1, 0.15) is 19.4 Å². The molecule has 0 saturated carbocycles. The zero-order chi connectivity index (χ0) is 21.1. The van der Waals surface area contributed by atoms with E-state index in [1.165, 1.54) is 24.4 Å². The van der Waals surface area contributed by atoms with Crippen LogP contribution >= 0.6 is 12.4 Å². The number of sulfonamides is 1. The van der Waals surface area contributed by atoms with Crippen LogP contribution in [0, 0.1) is 5.82 Å². The van der Waals surface area contributed by atoms with Crippen molar-refractivity contribution >= 4 is 33.2 Å². The highest BCUT2D eigenvalue weighted by atomic mass is 35.5. The van der Waals surface area contributed by atoms with Gasteiger partial charge in [0.1, 0.15) is 5.82 Å². The summed E-state index contributed by atoms with van der Waals surface area (Å²) in [6, 6.07) is 13.1. The molecule has 0 spiro atoms. The van der Waals surface area contributed by atoms with E-state index in [0.29, 0.717) is 11.9 Å². The Kier molecular flexibility index (Phi) is 7.90. The number of hydrogen-bond donors (Lipinski definition) is 3. The fraction of sp³-hybridized carbons (Fsp3) is 0.286. The number of aliphatic hydroxyl groups is 1. The van der Waals surface area contributed by atoms with Gasteiger partial charge in [-0.1, -0.05) is 36.4 Å². The van der Waals surface area contributed by atoms with Gasteiger partial charge in [0.15, 0.2) is 0 Å². The number of fused-ring (bicyclic) bond motifs is 1. The van der Waals surface area contributed by atoms with Crippen molar-refractivity contribution in [3.8, 4) is 0 Å². The molecule has 0 aliphatic heterocycles. The van der Waals surface area contributed by atoms with Crippen LogP contribution in [-0.2, 0) is 15.6 Å². The number of pyridine rings is 1. The standard InChI is InChI=1S/C21H24FN3O3S.ClH/c1-15(11-24-14-21(2,26)17-6-4-3-5-7-17)25-29(27,28)18-9-8-16-12-23-13-20(22)19(16)10-18;/h3-10,12-13,15,24-26H,11,14H2,1-2H3;1H/t15-,21?;/m1./s1. The summed E-state index contributed by atoms with van der Waals surface area (Å²) in [4.78, 5) is 3.74. The Bertz CT molecular complexity index is 1100. The predicted octanol–water partition coefficient (Wildman–Crippen LogP) is 2.96. The highest BCUT2D eigenvalue weighted by molar-refractivity contribution is 7.89. The minimum Gasteiger partial charge on any atom is -0.384 e. The monoisotopic (exact) mass is 453 g/mol. The first-order valence-electron chi connectivity index (χ1n) is 9.23. The second kappa shape index (κ2) is 9.80. The van der Waals surface area contributed by atoms with Crippen molar-refractivity contribution in [2.75, 3.05) is 13.1 Å². The number of nitrogens with zero attached hydrogens (tertiary/aromatic N) is 1. The maximum absolute atomic E-state index is 13.9. The SMILES string of the molecule is C[C@H](CNCC(C)(O)c1ccccc1)NS(=O)(=O)c1ccc2cncc(F)c2c1.Cl. The largest absolute Gasteiger partial charge is 0.384 e. The van der Waals surface area contributed by atoms with E-state index in [1.54, 1.807) is 13.8 Å². The molecule has 0 saturated heterocycles. The van der Waals surface area contributed by atoms with Crippen LogP contribution in [0.15, 0.2) is 65.8 Å². The Morgan fingerprint density at radius 3 is 2.57 bits per heavy atom. The molecule has 0 amide bonds. The molecule has 0 aliphatic rings. The summed E-state index contributed by atoms with van der Waals surface area (Å²) in [5, 5.41) is 14.4. The van der Waals surface area contributed by atoms with Gasteiger partial charge in [0.05, 0.1) is 16.7 Å². The van der Waals surface area contributed by atoms with Gasteiger partial charge >= 0.3 is 0 Å². The fourth-order valence-electron chi connectivity index (χ4n) is 3.08. The van der Waals surface area contributed by atoms with Crippen LogP contribution in [-0.4, -0.2) is 37.6 Å². The summed E-state index contributed by atoms with van der Waals surface area (Å²) in [5.41, 5.74) is -0.308. The van der Waals surface area contributed by atoms with Crippen LogP contribution in [0.25, 0.3) is 10.8 Å². The van der Waals surface area contributed by atoms with Crippen LogP contribution < -0.4 is 10.0 Å². The predicted molar refractivity (Wildman–Crippen MR) is 118 cm³/mol. The third kappa shape index (κ3) is 5.74. The van der Waals surface area contributed by atoms with E-state index in [1.807, 2.05) is 30.3 Å². The molecule has 3 aromatic rings. The van der Waals surface area contributed by atoms with E-state index in [9.17, 15) is 17.9 Å². The van der Waals surface area contributed by atoms with E-state index in [0.717, 1.165) is 11.8 Å². The summed E-state index contributed by atoms with van der Waals surface area (Å²) in [6.07, 6.45) is 2.53. The highest BCUT2D eigenvalue weighted by Gasteiger charge is 2.23. The van der Waals surface area contributed by atoms with Crippen molar-refractivity contribution in [2.24, 2.45) is 0 Å². The summed E-state index contributed by atoms with van der Waals surface area (Å²) in [6.45, 7) is 3.99. The molecule has 3 N–H and O–H groups in total. The van der Waals surface area contributed by atoms with E-state index in [-0.39, 0.29) is 29.2 Å². The maximum Gasteiger partial charge on any atom is 0.240 e. The zero-order valence-electron chi connectivity index (χ0n) is 16.7. The van der Waals surface area contributed by atoms with Crippen molar-refractivity contribution in [3.05, 3.63) is 72.3 Å². The summed E-state index contributed by atoms with van der Waals surface area (Å²) >= 11 is 0. The molecule has 0 aliphatic carbocycles. The lowest BCUT2D eigenvalue weighted by Gasteiger charge is -2.25. The van der Waals surface area contributed by atoms with Gasteiger partial charge < -0.3 is 10.4 Å². The van der Waals surface area contributed by atoms with Gasteiger partial charge in [-0.15, -0.1) is 12.4 Å². The first-order chi connectivity index (χ1) is 13.7. The molecule has 9 heteroatoms. The van der Waals surface area contributed by atoms with Crippen molar-refractivity contribution in [3.63, 3.8) is 0 Å². The molecule has 0 radical (unpaired) electrons. The lowest BCUT2D eigenvalue weighted by Crippen LogP contribution is -2.44. The van der Waals surface area contributed by atoms with E-state index in [2.05, 4.69) is 15.0 Å². The molecule has 0 fully saturated rings. The second-order valence-corrected chi connectivity index (χ2v) is 9.01. The van der Waals surface area contributed by atoms with Gasteiger partial charge in [-0.05, 0) is 31.5 Å². The quantitative estimate of drug-likeness (QED) is 0.487. The van der Waals surface area contributed by atoms with Gasteiger partial charge in [0.25, 0.3) is 0 Å². The number of hydrogen-bond acceptors (Lipinski definition) is 5. The van der Waals surface area contributed by atoms with E-state index < -0.39 is 27.5 Å². The molecular formula is C21H25ClFN3O3S. The molecule has 1 heterocycles. The molecule has 2 aromatic carbocycles. The lowest BCUT2D eigenvalue weighted by molar-refractivity contribution is 0.0568. The minimum absolute atomic E-state index is 0. The Balaban J connectivity index is 0.00000320. The van der Waals surface area contributed by atoms with Crippen LogP contribution in [0.2, 0.25) is 0 Å². The first kappa shape index (κ1) is 24.2. The number of halogens is 2. The molecular weight excluding hydrogens is 429 g/mol. The highest BCUT2D eigenvalue weighted by Crippen LogP contribution is 2.21. The molecule has 2 atom stereocenters. The number of benzene rings is 2. The number of nitrogens with one attached hydrogen (secondary N) is 2. The van der Waals surface area contributed by atoms with E-state index >= 15 is 0 Å². The van der Waals surface area contributed by atoms with Crippen molar-refractivity contribution in [2.45, 2.75) is 30.4 Å². The Morgan fingerprint density at radius 1 is 1.17 bits per heavy atom. The van der Waals surface area contributed by atoms with Crippen LogP contribution in [0.3, 0.4) is 0 Å². The smallest absolute Gasteiger partial charge is 0.240 e. The summed E-state index contributed by atoms with van der Waals surface area (Å²) < 4.78 is 41.8. The Morgan fingerprint density at radius 2 is 1.87 bits per heavy atom. The van der Waals surface area contributed by atoms with Crippen molar-refractivity contribution < 1.29 is 17.9 Å². The minimum atomic E-state index is -3.83. The Hall–Kier alpha value is -2.10. The Labute approximate surface area is 182 Å². The summed E-state index contributed by atoms with van der Waals surface area (Å²) in [5.74, 6) is -0.572. The molecule has 162 valence electrons. The zero-order valence-corrected chi connectivity index (χ0v) is 18.3. The summed E-state index contributed by atoms with van der Waals surface area (Å²) in [7, 11) is -3.83. The van der Waals surface area contributed by atoms with Gasteiger partial charge in [-0.3, -0.25) is 4.98 Å². The van der Waals surface area contributed by atoms with Gasteiger partial charge in [-0.25, -0.2) is 17.5 Å². The molecule has 30 heavy (non-hydrogen) atoms. The normalized spacial score (nSPS) is 14.7. The van der Waals surface area contributed by atoms with E-state index in [4.69, 9.17) is 0 Å². The number of rotatable bonds is 8. The first-order valence-corrected chi connectivity index (χ1v) is 10.7. The van der Waals surface area contributed by atoms with Gasteiger partial charge in [0.2, 0.25) is 10.0 Å². The molecule has 3 rings (SSSR count). The third-order valence-electron chi connectivity index (χ3n) is 4.67. The second-order valence-electron chi connectivity index (χ2n) is 7.30. The molecule has 6 nitrogen and oxygen atoms in total. The van der Waals surface area contributed by atoms with Crippen molar-refractivity contribution in [1.29, 1.82) is 0 Å². The van der Waals surface area contributed by atoms with Crippen LogP contribution in [0.5, 0.6) is 0 Å². The number of aromatic nitrogens is 1. The molecule has 1 unspecified atom stereocenters. The average Bonchev–Trinajstić information content (AvgIpc) is 2.68. The van der Waals surface area contributed by atoms with Gasteiger partial charge in [0, 0.05) is 36.1 Å². The lowest BCUT2D eigenvalue weighted by atomic mass is 9.96. The molecule has 0 bridgehead atoms.